The smallest absolute Gasteiger partial charge is 0.419 e. The summed E-state index contributed by atoms with van der Waals surface area (Å²) in [7, 11) is 0. The molecule has 9 nitrogen and oxygen atoms in total. The maximum atomic E-state index is 14.2. The van der Waals surface area contributed by atoms with Crippen molar-refractivity contribution in [2.75, 3.05) is 31.1 Å². The molecule has 2 aliphatic heterocycles. The van der Waals surface area contributed by atoms with Gasteiger partial charge in [0.25, 0.3) is 0 Å². The Morgan fingerprint density at radius 3 is 2.51 bits per heavy atom. The van der Waals surface area contributed by atoms with Gasteiger partial charge in [-0.3, -0.25) is 14.5 Å². The molecule has 2 saturated heterocycles. The zero-order valence-electron chi connectivity index (χ0n) is 26.9. The van der Waals surface area contributed by atoms with Crippen LogP contribution in [0.25, 0.3) is 11.3 Å². The van der Waals surface area contributed by atoms with Gasteiger partial charge in [0.2, 0.25) is 0 Å². The van der Waals surface area contributed by atoms with E-state index in [1.54, 1.807) is 6.07 Å². The summed E-state index contributed by atoms with van der Waals surface area (Å²) in [6, 6.07) is 4.52. The van der Waals surface area contributed by atoms with Gasteiger partial charge in [0.15, 0.2) is 5.78 Å². The molecule has 2 aliphatic rings. The number of carbonyl (C=O) groups excluding carboxylic acids is 1. The van der Waals surface area contributed by atoms with Crippen molar-refractivity contribution in [1.29, 1.82) is 0 Å². The molecule has 0 spiro atoms. The lowest BCUT2D eigenvalue weighted by molar-refractivity contribution is -0.142. The average molecular weight is 674 g/mol. The topological polar surface area (TPSA) is 109 Å². The Bertz CT molecular complexity index is 1520. The summed E-state index contributed by atoms with van der Waals surface area (Å²) in [6.45, 7) is 6.85. The van der Waals surface area contributed by atoms with Crippen LogP contribution in [0.3, 0.4) is 0 Å². The number of alkyl halides is 3. The summed E-state index contributed by atoms with van der Waals surface area (Å²) in [4.78, 5) is 43.3. The molecule has 5 rings (SSSR count). The number of piperidine rings is 1. The van der Waals surface area contributed by atoms with Gasteiger partial charge in [-0.05, 0) is 63.3 Å². The highest BCUT2D eigenvalue weighted by atomic mass is 32.1. The summed E-state index contributed by atoms with van der Waals surface area (Å²) in [5.74, 6) is -1.06. The van der Waals surface area contributed by atoms with E-state index in [0.717, 1.165) is 49.6 Å². The molecular weight excluding hydrogens is 631 g/mol. The first-order valence-corrected chi connectivity index (χ1v) is 17.3. The summed E-state index contributed by atoms with van der Waals surface area (Å²) in [6.07, 6.45) is 5.02. The van der Waals surface area contributed by atoms with E-state index in [1.165, 1.54) is 29.8 Å². The van der Waals surface area contributed by atoms with Crippen molar-refractivity contribution in [3.63, 3.8) is 0 Å². The lowest BCUT2D eigenvalue weighted by atomic mass is 9.97. The normalized spacial score (nSPS) is 17.7. The van der Waals surface area contributed by atoms with E-state index >= 15 is 0 Å². The molecule has 3 aromatic rings. The molecule has 0 radical (unpaired) electrons. The first-order valence-electron chi connectivity index (χ1n) is 16.5. The number of benzene rings is 1. The minimum absolute atomic E-state index is 0.0571. The van der Waals surface area contributed by atoms with Crippen LogP contribution in [0, 0.1) is 5.92 Å². The third kappa shape index (κ3) is 8.67. The minimum Gasteiger partial charge on any atom is -0.493 e. The highest BCUT2D eigenvalue weighted by molar-refractivity contribution is 7.12. The molecule has 4 heterocycles. The number of halogens is 3. The maximum absolute atomic E-state index is 14.2. The highest BCUT2D eigenvalue weighted by Gasteiger charge is 2.36. The van der Waals surface area contributed by atoms with Crippen LogP contribution in [0.4, 0.5) is 19.0 Å². The van der Waals surface area contributed by atoms with Gasteiger partial charge in [-0.2, -0.15) is 13.2 Å². The minimum atomic E-state index is -4.61. The van der Waals surface area contributed by atoms with Crippen molar-refractivity contribution in [3.05, 3.63) is 51.7 Å². The Labute approximate surface area is 277 Å². The van der Waals surface area contributed by atoms with Crippen LogP contribution < -0.4 is 9.64 Å². The molecule has 0 bridgehead atoms. The van der Waals surface area contributed by atoms with Gasteiger partial charge in [0, 0.05) is 36.1 Å². The molecule has 1 unspecified atom stereocenters. The Balaban J connectivity index is 1.38. The maximum Gasteiger partial charge on any atom is 0.419 e. The third-order valence-electron chi connectivity index (χ3n) is 8.93. The first kappa shape index (κ1) is 34.7. The largest absolute Gasteiger partial charge is 0.493 e. The van der Waals surface area contributed by atoms with Gasteiger partial charge in [-0.1, -0.05) is 26.7 Å². The SMILES string of the molecule is CCCCOc1ccc(-c2nc(CC(=O)c3cnc(N4CCC(C(=O)O)CC4)cn3)sc2CN2CCCC2CCC)cc1C(F)(F)F. The lowest BCUT2D eigenvalue weighted by Crippen LogP contribution is -2.36. The standard InChI is InChI=1S/C34H42F3N5O4S/c1-3-5-16-46-28-10-9-23(17-25(28)34(35,36)37)32-29(21-42-13-6-8-24(42)7-4-2)47-31(40-32)18-27(43)26-19-39-30(20-38-26)41-14-11-22(12-15-41)33(44)45/h9-10,17,19-20,22,24H,3-8,11-16,18,21H2,1-2H3,(H,44,45). The van der Waals surface area contributed by atoms with E-state index in [-0.39, 0.29) is 36.2 Å². The molecule has 13 heteroatoms. The number of thiazole rings is 1. The molecule has 254 valence electrons. The third-order valence-corrected chi connectivity index (χ3v) is 9.97. The second kappa shape index (κ2) is 15.5. The van der Waals surface area contributed by atoms with Crippen LogP contribution in [0.2, 0.25) is 0 Å². The lowest BCUT2D eigenvalue weighted by Gasteiger charge is -2.30. The second-order valence-electron chi connectivity index (χ2n) is 12.3. The second-order valence-corrected chi connectivity index (χ2v) is 13.5. The van der Waals surface area contributed by atoms with Crippen molar-refractivity contribution in [2.24, 2.45) is 5.92 Å². The summed E-state index contributed by atoms with van der Waals surface area (Å²) < 4.78 is 48.1. The fourth-order valence-electron chi connectivity index (χ4n) is 6.32. The van der Waals surface area contributed by atoms with Gasteiger partial charge in [-0.25, -0.2) is 15.0 Å². The monoisotopic (exact) mass is 673 g/mol. The zero-order chi connectivity index (χ0) is 33.6. The molecule has 2 fully saturated rings. The van der Waals surface area contributed by atoms with E-state index in [9.17, 15) is 27.9 Å². The molecule has 1 aromatic carbocycles. The predicted molar refractivity (Wildman–Crippen MR) is 174 cm³/mol. The first-order chi connectivity index (χ1) is 22.6. The van der Waals surface area contributed by atoms with Gasteiger partial charge in [0.05, 0.1) is 42.6 Å². The van der Waals surface area contributed by atoms with Crippen LogP contribution in [0.15, 0.2) is 30.6 Å². The molecule has 0 aliphatic carbocycles. The molecule has 47 heavy (non-hydrogen) atoms. The molecule has 2 aromatic heterocycles. The van der Waals surface area contributed by atoms with Crippen molar-refractivity contribution in [2.45, 2.75) is 90.4 Å². The number of hydrogen-bond donors (Lipinski definition) is 1. The molecular formula is C34H42F3N5O4S. The molecule has 1 atom stereocenters. The number of carbonyl (C=O) groups is 2. The number of aromatic nitrogens is 3. The quantitative estimate of drug-likeness (QED) is 0.139. The average Bonchev–Trinajstić information content (AvgIpc) is 3.67. The number of unbranched alkanes of at least 4 members (excludes halogenated alkanes) is 1. The number of likely N-dealkylation sites (tertiary alicyclic amines) is 1. The molecule has 0 amide bonds. The van der Waals surface area contributed by atoms with E-state index in [1.807, 2.05) is 11.8 Å². The van der Waals surface area contributed by atoms with Crippen LogP contribution in [-0.4, -0.2) is 69.0 Å². The fraction of sp³-hybridized carbons (Fsp3) is 0.559. The molecule has 0 saturated carbocycles. The van der Waals surface area contributed by atoms with E-state index in [0.29, 0.717) is 67.0 Å². The van der Waals surface area contributed by atoms with Crippen LogP contribution in [-0.2, 0) is 23.9 Å². The highest BCUT2D eigenvalue weighted by Crippen LogP contribution is 2.41. The number of anilines is 1. The fourth-order valence-corrected chi connectivity index (χ4v) is 7.43. The summed E-state index contributed by atoms with van der Waals surface area (Å²) in [5.41, 5.74) is 0.127. The van der Waals surface area contributed by atoms with Gasteiger partial charge >= 0.3 is 12.1 Å². The predicted octanol–water partition coefficient (Wildman–Crippen LogP) is 7.29. The number of hydrogen-bond acceptors (Lipinski definition) is 9. The Morgan fingerprint density at radius 2 is 1.85 bits per heavy atom. The Morgan fingerprint density at radius 1 is 1.06 bits per heavy atom. The number of nitrogens with zero attached hydrogens (tertiary/aromatic N) is 5. The number of carboxylic acids is 1. The van der Waals surface area contributed by atoms with Crippen LogP contribution >= 0.6 is 11.3 Å². The van der Waals surface area contributed by atoms with E-state index in [2.05, 4.69) is 21.8 Å². The Hall–Kier alpha value is -3.58. The number of carboxylic acid groups (broad SMARTS) is 1. The van der Waals surface area contributed by atoms with Gasteiger partial charge < -0.3 is 14.7 Å². The number of ketones is 1. The molecule has 1 N–H and O–H groups in total. The van der Waals surface area contributed by atoms with Crippen LogP contribution in [0.5, 0.6) is 5.75 Å². The van der Waals surface area contributed by atoms with E-state index in [4.69, 9.17) is 9.72 Å². The number of rotatable bonds is 14. The van der Waals surface area contributed by atoms with Gasteiger partial charge in [0.1, 0.15) is 22.3 Å². The zero-order valence-corrected chi connectivity index (χ0v) is 27.7. The number of Topliss-reactive ketones (excluding diaryl/α,β-unsaturated/α-hetero) is 1. The summed E-state index contributed by atoms with van der Waals surface area (Å²) in [5, 5.41) is 9.76. The summed E-state index contributed by atoms with van der Waals surface area (Å²) >= 11 is 1.36. The van der Waals surface area contributed by atoms with Crippen molar-refractivity contribution >= 4 is 28.9 Å². The number of aliphatic carboxylic acids is 1. The van der Waals surface area contributed by atoms with E-state index < -0.39 is 17.7 Å². The van der Waals surface area contributed by atoms with Gasteiger partial charge in [-0.15, -0.1) is 11.3 Å². The Kier molecular flexibility index (Phi) is 11.5. The van der Waals surface area contributed by atoms with Crippen LogP contribution in [0.1, 0.15) is 91.2 Å². The van der Waals surface area contributed by atoms with Crippen molar-refractivity contribution in [1.82, 2.24) is 19.9 Å². The number of ether oxygens (including phenoxy) is 1. The van der Waals surface area contributed by atoms with Crippen molar-refractivity contribution in [3.8, 4) is 17.0 Å². The van der Waals surface area contributed by atoms with Crippen molar-refractivity contribution < 1.29 is 32.6 Å².